The first kappa shape index (κ1) is 15.7. The van der Waals surface area contributed by atoms with E-state index >= 15 is 0 Å². The molecular formula is C26H21NO2. The Hall–Kier alpha value is -3.20. The zero-order chi connectivity index (χ0) is 19.1. The highest BCUT2D eigenvalue weighted by Crippen LogP contribution is 2.51. The van der Waals surface area contributed by atoms with Gasteiger partial charge in [-0.15, -0.1) is 0 Å². The number of nitrogens with zero attached hydrogens (tertiary/aromatic N) is 1. The molecule has 3 heteroatoms. The molecule has 2 aliphatic carbocycles. The molecule has 3 nitrogen and oxygen atoms in total. The van der Waals surface area contributed by atoms with Crippen LogP contribution in [-0.2, 0) is 13.0 Å². The molecule has 1 aromatic heterocycles. The molecule has 0 amide bonds. The number of fused-ring (bicyclic) bond motifs is 10. The third-order valence-corrected chi connectivity index (χ3v) is 6.87. The number of aryl methyl sites for hydroxylation is 1. The second kappa shape index (κ2) is 5.44. The standard InChI is InChI=1S/C26H21NO2/c1-2-27-20-12-11-17-15-7-3-6-10-23(15)29-26(17)25(20)19-13-18-16-8-4-5-9-22(16)28-24(18)14-21(19)27/h3-13,15,23-24H,2,14H2,1H3. The van der Waals surface area contributed by atoms with Crippen LogP contribution in [-0.4, -0.2) is 16.8 Å². The SMILES string of the molecule is CCn1c2c(c3c4c(ccc31)C1C=CC=CC1O4)C=C1c3ccccc3OC1C2. The van der Waals surface area contributed by atoms with Crippen LogP contribution in [0, 0.1) is 0 Å². The van der Waals surface area contributed by atoms with Gasteiger partial charge in [0.2, 0.25) is 0 Å². The Balaban J connectivity index is 1.51. The van der Waals surface area contributed by atoms with E-state index < -0.39 is 0 Å². The first-order chi connectivity index (χ1) is 14.3. The molecule has 0 bridgehead atoms. The molecule has 0 N–H and O–H groups in total. The van der Waals surface area contributed by atoms with E-state index in [1.54, 1.807) is 0 Å². The third-order valence-electron chi connectivity index (χ3n) is 6.87. The minimum Gasteiger partial charge on any atom is -0.485 e. The molecule has 0 saturated carbocycles. The van der Waals surface area contributed by atoms with Crippen LogP contribution in [0.1, 0.15) is 35.2 Å². The molecule has 3 unspecified atom stereocenters. The van der Waals surface area contributed by atoms with Crippen molar-refractivity contribution in [2.75, 3.05) is 0 Å². The van der Waals surface area contributed by atoms with E-state index in [1.165, 1.54) is 38.9 Å². The maximum atomic E-state index is 6.52. The highest BCUT2D eigenvalue weighted by Gasteiger charge is 2.38. The van der Waals surface area contributed by atoms with Crippen molar-refractivity contribution >= 4 is 22.6 Å². The molecule has 0 saturated heterocycles. The van der Waals surface area contributed by atoms with Crippen LogP contribution in [0.2, 0.25) is 0 Å². The van der Waals surface area contributed by atoms with Gasteiger partial charge in [0.15, 0.2) is 0 Å². The largest absolute Gasteiger partial charge is 0.485 e. The molecule has 7 rings (SSSR count). The molecule has 3 atom stereocenters. The van der Waals surface area contributed by atoms with Crippen LogP contribution in [0.4, 0.5) is 0 Å². The number of hydrogen-bond acceptors (Lipinski definition) is 2. The number of allylic oxidation sites excluding steroid dienone is 2. The van der Waals surface area contributed by atoms with Gasteiger partial charge in [-0.05, 0) is 31.2 Å². The van der Waals surface area contributed by atoms with Gasteiger partial charge in [-0.1, -0.05) is 42.5 Å². The van der Waals surface area contributed by atoms with Crippen molar-refractivity contribution in [3.05, 3.63) is 83.1 Å². The smallest absolute Gasteiger partial charge is 0.134 e. The van der Waals surface area contributed by atoms with Gasteiger partial charge in [-0.2, -0.15) is 0 Å². The molecule has 0 radical (unpaired) electrons. The van der Waals surface area contributed by atoms with Gasteiger partial charge < -0.3 is 14.0 Å². The minimum atomic E-state index is 0.108. The lowest BCUT2D eigenvalue weighted by Crippen LogP contribution is -2.21. The van der Waals surface area contributed by atoms with Crippen molar-refractivity contribution in [1.82, 2.24) is 4.57 Å². The second-order valence-electron chi connectivity index (χ2n) is 8.27. The predicted molar refractivity (Wildman–Crippen MR) is 115 cm³/mol. The molecule has 0 spiro atoms. The number of ether oxygens (including phenoxy) is 2. The van der Waals surface area contributed by atoms with Crippen LogP contribution in [0.15, 0.2) is 60.7 Å². The molecular weight excluding hydrogens is 358 g/mol. The van der Waals surface area contributed by atoms with E-state index in [9.17, 15) is 0 Å². The number of benzene rings is 2. The van der Waals surface area contributed by atoms with Crippen LogP contribution in [0.3, 0.4) is 0 Å². The van der Waals surface area contributed by atoms with Crippen LogP contribution in [0.5, 0.6) is 11.5 Å². The molecule has 142 valence electrons. The van der Waals surface area contributed by atoms with Crippen molar-refractivity contribution in [2.45, 2.75) is 38.0 Å². The fourth-order valence-corrected chi connectivity index (χ4v) is 5.60. The highest BCUT2D eigenvalue weighted by atomic mass is 16.5. The van der Waals surface area contributed by atoms with E-state index in [4.69, 9.17) is 9.47 Å². The van der Waals surface area contributed by atoms with Gasteiger partial charge in [-0.3, -0.25) is 0 Å². The number of aromatic nitrogens is 1. The maximum Gasteiger partial charge on any atom is 0.134 e. The molecule has 29 heavy (non-hydrogen) atoms. The Bertz CT molecular complexity index is 1290. The average Bonchev–Trinajstić information content (AvgIpc) is 3.40. The summed E-state index contributed by atoms with van der Waals surface area (Å²) in [6, 6.07) is 13.0. The van der Waals surface area contributed by atoms with Gasteiger partial charge in [-0.25, -0.2) is 0 Å². The van der Waals surface area contributed by atoms with Crippen molar-refractivity contribution in [2.24, 2.45) is 0 Å². The van der Waals surface area contributed by atoms with Crippen molar-refractivity contribution < 1.29 is 9.47 Å². The van der Waals surface area contributed by atoms with E-state index in [-0.39, 0.29) is 12.2 Å². The average molecular weight is 379 g/mol. The van der Waals surface area contributed by atoms with Crippen molar-refractivity contribution in [3.63, 3.8) is 0 Å². The third kappa shape index (κ3) is 1.93. The summed E-state index contributed by atoms with van der Waals surface area (Å²) < 4.78 is 15.3. The fourth-order valence-electron chi connectivity index (χ4n) is 5.60. The Morgan fingerprint density at radius 1 is 1.03 bits per heavy atom. The van der Waals surface area contributed by atoms with E-state index in [0.29, 0.717) is 5.92 Å². The first-order valence-electron chi connectivity index (χ1n) is 10.5. The highest BCUT2D eigenvalue weighted by molar-refractivity contribution is 6.04. The molecule has 2 aromatic carbocycles. The summed E-state index contributed by atoms with van der Waals surface area (Å²) >= 11 is 0. The molecule has 3 aromatic rings. The van der Waals surface area contributed by atoms with Gasteiger partial charge in [0.25, 0.3) is 0 Å². The molecule has 2 aliphatic heterocycles. The quantitative estimate of drug-likeness (QED) is 0.558. The summed E-state index contributed by atoms with van der Waals surface area (Å²) in [5.41, 5.74) is 7.79. The normalized spacial score (nSPS) is 24.9. The monoisotopic (exact) mass is 379 g/mol. The zero-order valence-electron chi connectivity index (χ0n) is 16.3. The maximum absolute atomic E-state index is 6.52. The topological polar surface area (TPSA) is 23.4 Å². The Kier molecular flexibility index (Phi) is 2.95. The molecule has 4 aliphatic rings. The summed E-state index contributed by atoms with van der Waals surface area (Å²) in [6.45, 7) is 3.17. The summed E-state index contributed by atoms with van der Waals surface area (Å²) in [6.07, 6.45) is 12.2. The van der Waals surface area contributed by atoms with Gasteiger partial charge in [0.1, 0.15) is 23.7 Å². The van der Waals surface area contributed by atoms with E-state index in [1.807, 2.05) is 0 Å². The van der Waals surface area contributed by atoms with Crippen LogP contribution >= 0.6 is 0 Å². The number of hydrogen-bond donors (Lipinski definition) is 0. The zero-order valence-corrected chi connectivity index (χ0v) is 16.3. The summed E-state index contributed by atoms with van der Waals surface area (Å²) in [4.78, 5) is 0. The molecule has 3 heterocycles. The van der Waals surface area contributed by atoms with Crippen LogP contribution in [0.25, 0.3) is 22.6 Å². The van der Waals surface area contributed by atoms with Gasteiger partial charge in [0.05, 0.1) is 5.52 Å². The Morgan fingerprint density at radius 2 is 1.93 bits per heavy atom. The van der Waals surface area contributed by atoms with E-state index in [0.717, 1.165) is 24.5 Å². The van der Waals surface area contributed by atoms with Crippen molar-refractivity contribution in [1.29, 1.82) is 0 Å². The van der Waals surface area contributed by atoms with Gasteiger partial charge >= 0.3 is 0 Å². The second-order valence-corrected chi connectivity index (χ2v) is 8.27. The summed E-state index contributed by atoms with van der Waals surface area (Å²) in [7, 11) is 0. The first-order valence-corrected chi connectivity index (χ1v) is 10.5. The van der Waals surface area contributed by atoms with E-state index in [2.05, 4.69) is 78.3 Å². The summed E-state index contributed by atoms with van der Waals surface area (Å²) in [5, 5.41) is 1.27. The minimum absolute atomic E-state index is 0.108. The Morgan fingerprint density at radius 3 is 2.86 bits per heavy atom. The Labute approximate surface area is 169 Å². The lowest BCUT2D eigenvalue weighted by molar-refractivity contribution is 0.271. The lowest BCUT2D eigenvalue weighted by atomic mass is 9.88. The lowest BCUT2D eigenvalue weighted by Gasteiger charge is -2.20. The van der Waals surface area contributed by atoms with Crippen molar-refractivity contribution in [3.8, 4) is 11.5 Å². The van der Waals surface area contributed by atoms with Gasteiger partial charge in [0, 0.05) is 52.2 Å². The number of para-hydroxylation sites is 1. The molecule has 0 fully saturated rings. The summed E-state index contributed by atoms with van der Waals surface area (Å²) in [5.74, 6) is 2.39. The fraction of sp³-hybridized carbons (Fsp3) is 0.231. The predicted octanol–water partition coefficient (Wildman–Crippen LogP) is 5.49. The van der Waals surface area contributed by atoms with Crippen LogP contribution < -0.4 is 9.47 Å². The number of rotatable bonds is 1.